The van der Waals surface area contributed by atoms with Gasteiger partial charge < -0.3 is 14.6 Å². The molecule has 0 atom stereocenters. The van der Waals surface area contributed by atoms with E-state index in [0.29, 0.717) is 0 Å². The normalized spacial score (nSPS) is 10.9. The first-order valence-electron chi connectivity index (χ1n) is 8.69. The lowest BCUT2D eigenvalue weighted by Gasteiger charge is -2.07. The number of fused-ring (bicyclic) bond motifs is 1. The molecule has 0 aliphatic rings. The quantitative estimate of drug-likeness (QED) is 0.472. The molecule has 1 heterocycles. The van der Waals surface area contributed by atoms with Gasteiger partial charge in [0.1, 0.15) is 17.2 Å². The third kappa shape index (κ3) is 3.49. The van der Waals surface area contributed by atoms with Crippen molar-refractivity contribution in [3.05, 3.63) is 77.9 Å². The van der Waals surface area contributed by atoms with Crippen LogP contribution in [0.5, 0.6) is 17.2 Å². The van der Waals surface area contributed by atoms with Crippen molar-refractivity contribution in [2.24, 2.45) is 0 Å². The molecule has 27 heavy (non-hydrogen) atoms. The highest BCUT2D eigenvalue weighted by molar-refractivity contribution is 7.22. The van der Waals surface area contributed by atoms with Crippen molar-refractivity contribution in [1.29, 1.82) is 0 Å². The van der Waals surface area contributed by atoms with Gasteiger partial charge >= 0.3 is 0 Å². The van der Waals surface area contributed by atoms with E-state index in [0.717, 1.165) is 23.5 Å². The van der Waals surface area contributed by atoms with Crippen LogP contribution in [0.4, 0.5) is 0 Å². The molecule has 0 fully saturated rings. The minimum atomic E-state index is 0.286. The molecule has 0 unspecified atom stereocenters. The van der Waals surface area contributed by atoms with E-state index in [9.17, 15) is 5.11 Å². The lowest BCUT2D eigenvalue weighted by Crippen LogP contribution is -1.90. The molecule has 0 aliphatic heterocycles. The first-order chi connectivity index (χ1) is 13.2. The van der Waals surface area contributed by atoms with E-state index in [1.807, 2.05) is 30.3 Å². The molecule has 0 bridgehead atoms. The highest BCUT2D eigenvalue weighted by atomic mass is 32.1. The molecule has 0 saturated heterocycles. The van der Waals surface area contributed by atoms with Crippen LogP contribution < -0.4 is 9.47 Å². The summed E-state index contributed by atoms with van der Waals surface area (Å²) in [5, 5.41) is 10.8. The summed E-state index contributed by atoms with van der Waals surface area (Å²) in [4.78, 5) is 1.24. The zero-order valence-corrected chi connectivity index (χ0v) is 16.0. The molecular formula is C23H20O3S. The van der Waals surface area contributed by atoms with E-state index in [2.05, 4.69) is 24.3 Å². The molecule has 1 N–H and O–H groups in total. The van der Waals surface area contributed by atoms with Crippen LogP contribution in [0.15, 0.2) is 66.7 Å². The predicted molar refractivity (Wildman–Crippen MR) is 111 cm³/mol. The minimum Gasteiger partial charge on any atom is -0.508 e. The summed E-state index contributed by atoms with van der Waals surface area (Å²) >= 11 is 1.77. The summed E-state index contributed by atoms with van der Waals surface area (Å²) in [6.45, 7) is 0. The molecule has 1 aromatic heterocycles. The first-order valence-corrected chi connectivity index (χ1v) is 9.51. The van der Waals surface area contributed by atoms with Crippen molar-refractivity contribution in [1.82, 2.24) is 0 Å². The van der Waals surface area contributed by atoms with Gasteiger partial charge in [-0.15, -0.1) is 11.3 Å². The van der Waals surface area contributed by atoms with Gasteiger partial charge in [0, 0.05) is 9.58 Å². The van der Waals surface area contributed by atoms with Crippen LogP contribution in [0.1, 0.15) is 11.1 Å². The van der Waals surface area contributed by atoms with Crippen molar-refractivity contribution >= 4 is 21.4 Å². The van der Waals surface area contributed by atoms with Gasteiger partial charge in [0.15, 0.2) is 0 Å². The lowest BCUT2D eigenvalue weighted by atomic mass is 9.99. The Hall–Kier alpha value is -2.98. The van der Waals surface area contributed by atoms with Gasteiger partial charge in [-0.1, -0.05) is 12.1 Å². The molecule has 3 aromatic carbocycles. The first kappa shape index (κ1) is 17.4. The molecule has 4 aromatic rings. The number of phenolic OH excluding ortho intramolecular Hbond substituents is 1. The Morgan fingerprint density at radius 3 is 2.15 bits per heavy atom. The van der Waals surface area contributed by atoms with Gasteiger partial charge in [0.2, 0.25) is 0 Å². The van der Waals surface area contributed by atoms with E-state index in [1.54, 1.807) is 37.7 Å². The second-order valence-electron chi connectivity index (χ2n) is 6.34. The number of ether oxygens (including phenoxy) is 2. The zero-order chi connectivity index (χ0) is 18.8. The largest absolute Gasteiger partial charge is 0.508 e. The zero-order valence-electron chi connectivity index (χ0n) is 15.2. The number of aromatic hydroxyl groups is 1. The van der Waals surface area contributed by atoms with E-state index in [1.165, 1.54) is 26.1 Å². The van der Waals surface area contributed by atoms with Crippen molar-refractivity contribution in [3.8, 4) is 27.7 Å². The van der Waals surface area contributed by atoms with Crippen molar-refractivity contribution < 1.29 is 14.6 Å². The van der Waals surface area contributed by atoms with Crippen molar-refractivity contribution in [2.75, 3.05) is 14.2 Å². The van der Waals surface area contributed by atoms with Crippen LogP contribution >= 0.6 is 11.3 Å². The Morgan fingerprint density at radius 1 is 0.815 bits per heavy atom. The third-order valence-electron chi connectivity index (χ3n) is 4.67. The highest BCUT2D eigenvalue weighted by Gasteiger charge is 2.15. The van der Waals surface area contributed by atoms with Gasteiger partial charge in [-0.2, -0.15) is 0 Å². The van der Waals surface area contributed by atoms with Crippen LogP contribution in [0.2, 0.25) is 0 Å². The van der Waals surface area contributed by atoms with Gasteiger partial charge in [-0.3, -0.25) is 0 Å². The smallest absolute Gasteiger partial charge is 0.120 e. The molecule has 3 nitrogen and oxygen atoms in total. The minimum absolute atomic E-state index is 0.286. The van der Waals surface area contributed by atoms with E-state index < -0.39 is 0 Å². The molecule has 4 rings (SSSR count). The fourth-order valence-electron chi connectivity index (χ4n) is 3.23. The number of benzene rings is 3. The molecule has 0 saturated carbocycles. The molecule has 0 radical (unpaired) electrons. The fourth-order valence-corrected chi connectivity index (χ4v) is 4.48. The maximum Gasteiger partial charge on any atom is 0.120 e. The van der Waals surface area contributed by atoms with Gasteiger partial charge in [0.25, 0.3) is 0 Å². The van der Waals surface area contributed by atoms with E-state index >= 15 is 0 Å². The molecule has 0 spiro atoms. The third-order valence-corrected chi connectivity index (χ3v) is 5.91. The van der Waals surface area contributed by atoms with Crippen LogP contribution in [0.3, 0.4) is 0 Å². The maximum atomic E-state index is 9.57. The van der Waals surface area contributed by atoms with Crippen molar-refractivity contribution in [3.63, 3.8) is 0 Å². The number of hydrogen-bond acceptors (Lipinski definition) is 4. The Labute approximate surface area is 162 Å². The maximum absolute atomic E-state index is 9.57. The SMILES string of the molecule is COc1ccc(-c2sc3cc(OC)ccc3c2Cc2ccc(O)cc2)cc1. The lowest BCUT2D eigenvalue weighted by molar-refractivity contribution is 0.415. The number of rotatable bonds is 5. The number of phenols is 1. The summed E-state index contributed by atoms with van der Waals surface area (Å²) in [7, 11) is 3.37. The summed E-state index contributed by atoms with van der Waals surface area (Å²) in [6.07, 6.45) is 0.800. The second-order valence-corrected chi connectivity index (χ2v) is 7.40. The predicted octanol–water partition coefficient (Wildman–Crippen LogP) is 5.88. The van der Waals surface area contributed by atoms with Gasteiger partial charge in [-0.05, 0) is 83.1 Å². The summed E-state index contributed by atoms with van der Waals surface area (Å²) in [5.41, 5.74) is 3.62. The standard InChI is InChI=1S/C23H20O3S/c1-25-18-9-5-16(6-10-18)23-21(13-15-3-7-17(24)8-4-15)20-12-11-19(26-2)14-22(20)27-23/h3-12,14,24H,13H2,1-2H3. The Kier molecular flexibility index (Phi) is 4.73. The molecule has 0 amide bonds. The Balaban J connectivity index is 1.85. The molecule has 4 heteroatoms. The Bertz CT molecular complexity index is 1060. The number of thiophene rings is 1. The summed E-state index contributed by atoms with van der Waals surface area (Å²) in [6, 6.07) is 21.8. The topological polar surface area (TPSA) is 38.7 Å². The van der Waals surface area contributed by atoms with Crippen LogP contribution in [-0.2, 0) is 6.42 Å². The molecule has 0 aliphatic carbocycles. The number of hydrogen-bond donors (Lipinski definition) is 1. The monoisotopic (exact) mass is 376 g/mol. The van der Waals surface area contributed by atoms with Crippen LogP contribution in [-0.4, -0.2) is 19.3 Å². The molecular weight excluding hydrogens is 356 g/mol. The average molecular weight is 376 g/mol. The summed E-state index contributed by atoms with van der Waals surface area (Å²) < 4.78 is 11.9. The highest BCUT2D eigenvalue weighted by Crippen LogP contribution is 2.41. The fraction of sp³-hybridized carbons (Fsp3) is 0.130. The van der Waals surface area contributed by atoms with Gasteiger partial charge in [-0.25, -0.2) is 0 Å². The van der Waals surface area contributed by atoms with Crippen molar-refractivity contribution in [2.45, 2.75) is 6.42 Å². The Morgan fingerprint density at radius 2 is 1.48 bits per heavy atom. The second kappa shape index (κ2) is 7.33. The number of methoxy groups -OCH3 is 2. The summed E-state index contributed by atoms with van der Waals surface area (Å²) in [5.74, 6) is 2.00. The van der Waals surface area contributed by atoms with E-state index in [-0.39, 0.29) is 5.75 Å². The van der Waals surface area contributed by atoms with Crippen LogP contribution in [0.25, 0.3) is 20.5 Å². The van der Waals surface area contributed by atoms with E-state index in [4.69, 9.17) is 9.47 Å². The molecule has 136 valence electrons. The van der Waals surface area contributed by atoms with Crippen LogP contribution in [0, 0.1) is 0 Å². The van der Waals surface area contributed by atoms with Gasteiger partial charge in [0.05, 0.1) is 14.2 Å². The average Bonchev–Trinajstić information content (AvgIpc) is 3.07.